The van der Waals surface area contributed by atoms with Crippen LogP contribution in [0.1, 0.15) is 12.5 Å². The fraction of sp³-hybridized carbons (Fsp3) is 0.500. The van der Waals surface area contributed by atoms with Gasteiger partial charge in [-0.05, 0) is 24.1 Å². The average molecular weight is 271 g/mol. The van der Waals surface area contributed by atoms with Gasteiger partial charge in [0, 0.05) is 27.2 Å². The summed E-state index contributed by atoms with van der Waals surface area (Å²) in [5, 5.41) is 0. The van der Waals surface area contributed by atoms with Gasteiger partial charge in [0.1, 0.15) is 0 Å². The van der Waals surface area contributed by atoms with Crippen molar-refractivity contribution in [1.29, 1.82) is 0 Å². The smallest absolute Gasteiger partial charge is 0.303 e. The Morgan fingerprint density at radius 1 is 1.17 bits per heavy atom. The second kappa shape index (κ2) is 6.17. The van der Waals surface area contributed by atoms with E-state index in [-0.39, 0.29) is 13.1 Å². The van der Waals surface area contributed by atoms with E-state index in [2.05, 4.69) is 6.92 Å². The van der Waals surface area contributed by atoms with Crippen LogP contribution in [-0.2, 0) is 16.6 Å². The molecule has 0 atom stereocenters. The molecule has 0 fully saturated rings. The van der Waals surface area contributed by atoms with Gasteiger partial charge in [-0.15, -0.1) is 0 Å². The van der Waals surface area contributed by atoms with Crippen LogP contribution in [0.2, 0.25) is 0 Å². The van der Waals surface area contributed by atoms with Crippen LogP contribution in [0.15, 0.2) is 24.3 Å². The number of anilines is 1. The standard InChI is InChI=1S/C12H21N3O2S/c1-4-11-5-7-12(8-6-11)15(10-9-13)18(16,17)14(2)3/h5-8H,4,9-10,13H2,1-3H3. The highest BCUT2D eigenvalue weighted by atomic mass is 32.2. The second-order valence-corrected chi connectivity index (χ2v) is 6.24. The molecule has 1 aromatic carbocycles. The largest absolute Gasteiger partial charge is 0.329 e. The van der Waals surface area contributed by atoms with E-state index in [1.54, 1.807) is 0 Å². The number of hydrogen-bond donors (Lipinski definition) is 1. The van der Waals surface area contributed by atoms with Crippen LogP contribution in [0.4, 0.5) is 5.69 Å². The molecule has 0 spiro atoms. The molecule has 0 aromatic heterocycles. The summed E-state index contributed by atoms with van der Waals surface area (Å²) < 4.78 is 26.9. The molecule has 18 heavy (non-hydrogen) atoms. The molecule has 2 N–H and O–H groups in total. The fourth-order valence-corrected chi connectivity index (χ4v) is 2.71. The highest BCUT2D eigenvalue weighted by Gasteiger charge is 2.23. The first-order valence-corrected chi connectivity index (χ1v) is 7.32. The fourth-order valence-electron chi connectivity index (χ4n) is 1.59. The van der Waals surface area contributed by atoms with Crippen molar-refractivity contribution in [3.05, 3.63) is 29.8 Å². The number of nitrogens with zero attached hydrogens (tertiary/aromatic N) is 2. The molecule has 102 valence electrons. The van der Waals surface area contributed by atoms with E-state index in [0.717, 1.165) is 6.42 Å². The first-order valence-electron chi connectivity index (χ1n) is 5.92. The van der Waals surface area contributed by atoms with Gasteiger partial charge in [-0.3, -0.25) is 4.31 Å². The normalized spacial score (nSPS) is 11.8. The summed E-state index contributed by atoms with van der Waals surface area (Å²) in [5.74, 6) is 0. The van der Waals surface area contributed by atoms with E-state index in [9.17, 15) is 8.42 Å². The Morgan fingerprint density at radius 3 is 2.11 bits per heavy atom. The molecule has 0 heterocycles. The summed E-state index contributed by atoms with van der Waals surface area (Å²) in [4.78, 5) is 0. The van der Waals surface area contributed by atoms with E-state index in [4.69, 9.17) is 5.73 Å². The SMILES string of the molecule is CCc1ccc(N(CCN)S(=O)(=O)N(C)C)cc1. The lowest BCUT2D eigenvalue weighted by atomic mass is 10.1. The minimum absolute atomic E-state index is 0.270. The Labute approximate surface area is 109 Å². The highest BCUT2D eigenvalue weighted by molar-refractivity contribution is 7.90. The number of nitrogens with two attached hydrogens (primary N) is 1. The second-order valence-electron chi connectivity index (χ2n) is 4.17. The molecule has 0 radical (unpaired) electrons. The van der Waals surface area contributed by atoms with Gasteiger partial charge in [0.15, 0.2) is 0 Å². The summed E-state index contributed by atoms with van der Waals surface area (Å²) in [6.45, 7) is 2.61. The van der Waals surface area contributed by atoms with E-state index < -0.39 is 10.2 Å². The molecule has 0 aliphatic heterocycles. The molecule has 0 amide bonds. The van der Waals surface area contributed by atoms with Crippen LogP contribution in [-0.4, -0.2) is 39.9 Å². The Bertz CT molecular complexity index is 469. The van der Waals surface area contributed by atoms with Gasteiger partial charge in [0.25, 0.3) is 0 Å². The number of benzene rings is 1. The summed E-state index contributed by atoms with van der Waals surface area (Å²) in [6.07, 6.45) is 0.928. The van der Waals surface area contributed by atoms with Crippen LogP contribution in [0.5, 0.6) is 0 Å². The first-order chi connectivity index (χ1) is 8.43. The third-order valence-electron chi connectivity index (χ3n) is 2.70. The van der Waals surface area contributed by atoms with Crippen LogP contribution >= 0.6 is 0 Å². The predicted octanol–water partition coefficient (Wildman–Crippen LogP) is 0.821. The maximum atomic E-state index is 12.2. The van der Waals surface area contributed by atoms with Gasteiger partial charge in [0.05, 0.1) is 5.69 Å². The summed E-state index contributed by atoms with van der Waals surface area (Å²) in [6, 6.07) is 7.50. The maximum Gasteiger partial charge on any atom is 0.303 e. The van der Waals surface area contributed by atoms with Gasteiger partial charge < -0.3 is 5.73 Å². The van der Waals surface area contributed by atoms with Gasteiger partial charge in [-0.2, -0.15) is 12.7 Å². The average Bonchev–Trinajstić information content (AvgIpc) is 2.35. The van der Waals surface area contributed by atoms with Crippen molar-refractivity contribution in [1.82, 2.24) is 4.31 Å². The highest BCUT2D eigenvalue weighted by Crippen LogP contribution is 2.19. The van der Waals surface area contributed by atoms with E-state index in [0.29, 0.717) is 5.69 Å². The molecule has 0 saturated carbocycles. The van der Waals surface area contributed by atoms with Crippen molar-refractivity contribution in [2.75, 3.05) is 31.5 Å². The van der Waals surface area contributed by atoms with Crippen molar-refractivity contribution < 1.29 is 8.42 Å². The minimum atomic E-state index is -3.49. The van der Waals surface area contributed by atoms with E-state index in [1.165, 1.54) is 28.3 Å². The zero-order valence-corrected chi connectivity index (χ0v) is 11.9. The van der Waals surface area contributed by atoms with Gasteiger partial charge in [-0.1, -0.05) is 19.1 Å². The first kappa shape index (κ1) is 14.9. The van der Waals surface area contributed by atoms with Crippen molar-refractivity contribution in [3.8, 4) is 0 Å². The lowest BCUT2D eigenvalue weighted by Gasteiger charge is -2.27. The molecule has 0 aliphatic carbocycles. The number of hydrogen-bond acceptors (Lipinski definition) is 3. The Morgan fingerprint density at radius 2 is 1.72 bits per heavy atom. The van der Waals surface area contributed by atoms with E-state index >= 15 is 0 Å². The summed E-state index contributed by atoms with van der Waals surface area (Å²) in [7, 11) is -0.461. The molecule has 1 rings (SSSR count). The molecule has 0 bridgehead atoms. The maximum absolute atomic E-state index is 12.2. The summed E-state index contributed by atoms with van der Waals surface area (Å²) in [5.41, 5.74) is 7.31. The molecular weight excluding hydrogens is 250 g/mol. The van der Waals surface area contributed by atoms with E-state index in [1.807, 2.05) is 24.3 Å². The van der Waals surface area contributed by atoms with Crippen LogP contribution in [0.3, 0.4) is 0 Å². The molecule has 0 saturated heterocycles. The molecule has 0 aliphatic rings. The minimum Gasteiger partial charge on any atom is -0.329 e. The van der Waals surface area contributed by atoms with Gasteiger partial charge in [0.2, 0.25) is 0 Å². The third-order valence-corrected chi connectivity index (χ3v) is 4.58. The van der Waals surface area contributed by atoms with Crippen molar-refractivity contribution in [2.45, 2.75) is 13.3 Å². The molecule has 5 nitrogen and oxygen atoms in total. The number of rotatable bonds is 6. The van der Waals surface area contributed by atoms with Crippen molar-refractivity contribution in [3.63, 3.8) is 0 Å². The lowest BCUT2D eigenvalue weighted by Crippen LogP contribution is -2.42. The Kier molecular flexibility index (Phi) is 5.13. The Hall–Kier alpha value is -1.11. The topological polar surface area (TPSA) is 66.6 Å². The zero-order chi connectivity index (χ0) is 13.8. The van der Waals surface area contributed by atoms with Crippen molar-refractivity contribution >= 4 is 15.9 Å². The molecule has 6 heteroatoms. The van der Waals surface area contributed by atoms with Gasteiger partial charge >= 0.3 is 10.2 Å². The predicted molar refractivity (Wildman–Crippen MR) is 74.8 cm³/mol. The Balaban J connectivity index is 3.12. The van der Waals surface area contributed by atoms with Crippen LogP contribution in [0.25, 0.3) is 0 Å². The molecular formula is C12H21N3O2S. The monoisotopic (exact) mass is 271 g/mol. The lowest BCUT2D eigenvalue weighted by molar-refractivity contribution is 0.515. The van der Waals surface area contributed by atoms with Crippen LogP contribution in [0, 0.1) is 0 Å². The summed E-state index contributed by atoms with van der Waals surface area (Å²) >= 11 is 0. The molecule has 0 unspecified atom stereocenters. The molecule has 1 aromatic rings. The van der Waals surface area contributed by atoms with Crippen LogP contribution < -0.4 is 10.0 Å². The quantitative estimate of drug-likeness (QED) is 0.833. The zero-order valence-electron chi connectivity index (χ0n) is 11.1. The number of aryl methyl sites for hydroxylation is 1. The van der Waals surface area contributed by atoms with Crippen molar-refractivity contribution in [2.24, 2.45) is 5.73 Å². The third kappa shape index (κ3) is 3.22. The van der Waals surface area contributed by atoms with Gasteiger partial charge in [-0.25, -0.2) is 0 Å².